The van der Waals surface area contributed by atoms with Gasteiger partial charge >= 0.3 is 11.2 Å². The van der Waals surface area contributed by atoms with E-state index in [0.29, 0.717) is 6.42 Å². The first kappa shape index (κ1) is 11.7. The lowest BCUT2D eigenvalue weighted by Crippen LogP contribution is -2.24. The van der Waals surface area contributed by atoms with Crippen LogP contribution in [-0.4, -0.2) is 22.1 Å². The van der Waals surface area contributed by atoms with Gasteiger partial charge in [-0.3, -0.25) is 0 Å². The van der Waals surface area contributed by atoms with E-state index in [9.17, 15) is 13.6 Å². The number of halogens is 2. The van der Waals surface area contributed by atoms with Crippen molar-refractivity contribution in [3.05, 3.63) is 0 Å². The Bertz CT molecular complexity index is 150. The van der Waals surface area contributed by atoms with Crippen molar-refractivity contribution in [3.8, 4) is 0 Å². The lowest BCUT2D eigenvalue weighted by atomic mass is 10.3. The molecule has 0 unspecified atom stereocenters. The van der Waals surface area contributed by atoms with E-state index >= 15 is 0 Å². The molecule has 0 aromatic heterocycles. The average Bonchev–Trinajstić information content (AvgIpc) is 1.98. The molecule has 0 aliphatic carbocycles. The van der Waals surface area contributed by atoms with Gasteiger partial charge in [-0.25, -0.2) is 4.79 Å². The van der Waals surface area contributed by atoms with Gasteiger partial charge in [-0.2, -0.15) is 8.78 Å². The minimum atomic E-state index is -3.62. The van der Waals surface area contributed by atoms with E-state index in [0.717, 1.165) is 12.8 Å². The Morgan fingerprint density at radius 3 is 2.50 bits per heavy atom. The van der Waals surface area contributed by atoms with Crippen molar-refractivity contribution in [1.82, 2.24) is 0 Å². The minimum Gasteiger partial charge on any atom is -0.476 e. The molecule has 1 N–H and O–H groups in total. The highest BCUT2D eigenvalue weighted by Gasteiger charge is 2.38. The maximum atomic E-state index is 12.3. The molecule has 0 saturated heterocycles. The zero-order valence-electron chi connectivity index (χ0n) is 6.85. The average molecular weight is 198 g/mol. The fourth-order valence-electron chi connectivity index (χ4n) is 0.614. The molecule has 0 aliphatic heterocycles. The molecule has 0 spiro atoms. The second-order valence-corrected chi connectivity index (χ2v) is 3.59. The van der Waals surface area contributed by atoms with Crippen LogP contribution in [-0.2, 0) is 4.79 Å². The number of hydrogen-bond acceptors (Lipinski definition) is 2. The first-order chi connectivity index (χ1) is 5.50. The van der Waals surface area contributed by atoms with Crippen LogP contribution in [0.25, 0.3) is 0 Å². The number of carbonyl (C=O) groups is 1. The van der Waals surface area contributed by atoms with E-state index in [2.05, 4.69) is 0 Å². The molecule has 0 saturated carbocycles. The van der Waals surface area contributed by atoms with E-state index in [1.165, 1.54) is 0 Å². The highest BCUT2D eigenvalue weighted by molar-refractivity contribution is 8.01. The molecule has 0 aromatic rings. The van der Waals surface area contributed by atoms with Crippen molar-refractivity contribution >= 4 is 17.7 Å². The fraction of sp³-hybridized carbons (Fsp3) is 0.857. The maximum absolute atomic E-state index is 12.3. The molecule has 0 radical (unpaired) electrons. The zero-order chi connectivity index (χ0) is 9.61. The Morgan fingerprint density at radius 2 is 2.08 bits per heavy atom. The van der Waals surface area contributed by atoms with Gasteiger partial charge in [-0.05, 0) is 12.2 Å². The SMILES string of the molecule is CCCCCSC(F)(F)C(=O)O. The third-order valence-electron chi connectivity index (χ3n) is 1.28. The number of thioether (sulfide) groups is 1. The molecule has 0 aromatic carbocycles. The highest BCUT2D eigenvalue weighted by atomic mass is 32.2. The van der Waals surface area contributed by atoms with Gasteiger partial charge in [0.1, 0.15) is 0 Å². The van der Waals surface area contributed by atoms with Crippen molar-refractivity contribution in [2.24, 2.45) is 0 Å². The number of alkyl halides is 2. The maximum Gasteiger partial charge on any atom is 0.388 e. The first-order valence-electron chi connectivity index (χ1n) is 3.76. The van der Waals surface area contributed by atoms with Crippen LogP contribution in [0.4, 0.5) is 8.78 Å². The largest absolute Gasteiger partial charge is 0.476 e. The third-order valence-corrected chi connectivity index (χ3v) is 2.31. The summed E-state index contributed by atoms with van der Waals surface area (Å²) in [7, 11) is 0. The Morgan fingerprint density at radius 1 is 1.50 bits per heavy atom. The van der Waals surface area contributed by atoms with Gasteiger partial charge in [0.2, 0.25) is 0 Å². The summed E-state index contributed by atoms with van der Waals surface area (Å²) in [6.45, 7) is 1.96. The molecular weight excluding hydrogens is 186 g/mol. The molecule has 0 bridgehead atoms. The van der Waals surface area contributed by atoms with Gasteiger partial charge in [0.25, 0.3) is 0 Å². The van der Waals surface area contributed by atoms with Crippen LogP contribution >= 0.6 is 11.8 Å². The number of carboxylic acid groups (broad SMARTS) is 1. The molecule has 12 heavy (non-hydrogen) atoms. The summed E-state index contributed by atoms with van der Waals surface area (Å²) in [6.07, 6.45) is 2.45. The summed E-state index contributed by atoms with van der Waals surface area (Å²) in [5, 5.41) is 4.41. The quantitative estimate of drug-likeness (QED) is 0.666. The van der Waals surface area contributed by atoms with Crippen LogP contribution in [0.1, 0.15) is 26.2 Å². The Balaban J connectivity index is 3.54. The van der Waals surface area contributed by atoms with Gasteiger partial charge in [-0.15, -0.1) is 0 Å². The van der Waals surface area contributed by atoms with E-state index < -0.39 is 11.2 Å². The predicted octanol–water partition coefficient (Wildman–Crippen LogP) is 2.59. The summed E-state index contributed by atoms with van der Waals surface area (Å²) < 4.78 is 24.7. The van der Waals surface area contributed by atoms with Crippen LogP contribution in [0.15, 0.2) is 0 Å². The van der Waals surface area contributed by atoms with Gasteiger partial charge in [-0.1, -0.05) is 31.5 Å². The van der Waals surface area contributed by atoms with E-state index in [1.807, 2.05) is 6.92 Å². The number of rotatable bonds is 6. The Hall–Kier alpha value is -0.320. The molecule has 2 nitrogen and oxygen atoms in total. The van der Waals surface area contributed by atoms with E-state index in [-0.39, 0.29) is 17.5 Å². The van der Waals surface area contributed by atoms with Gasteiger partial charge in [0.15, 0.2) is 0 Å². The molecule has 72 valence electrons. The lowest BCUT2D eigenvalue weighted by molar-refractivity contribution is -0.152. The molecule has 0 rings (SSSR count). The third kappa shape index (κ3) is 4.54. The van der Waals surface area contributed by atoms with Crippen LogP contribution in [0.2, 0.25) is 0 Å². The number of carboxylic acids is 1. The summed E-state index contributed by atoms with van der Waals surface area (Å²) >= 11 is 0.194. The topological polar surface area (TPSA) is 37.3 Å². The van der Waals surface area contributed by atoms with E-state index in [1.54, 1.807) is 0 Å². The predicted molar refractivity (Wildman–Crippen MR) is 44.6 cm³/mol. The molecule has 0 aliphatic rings. The smallest absolute Gasteiger partial charge is 0.388 e. The van der Waals surface area contributed by atoms with Gasteiger partial charge in [0.05, 0.1) is 0 Å². The second kappa shape index (κ2) is 5.35. The molecule has 0 atom stereocenters. The zero-order valence-corrected chi connectivity index (χ0v) is 7.66. The Labute approximate surface area is 74.3 Å². The fourth-order valence-corrected chi connectivity index (χ4v) is 1.34. The van der Waals surface area contributed by atoms with Crippen molar-refractivity contribution in [2.45, 2.75) is 31.4 Å². The van der Waals surface area contributed by atoms with Crippen LogP contribution in [0, 0.1) is 0 Å². The van der Waals surface area contributed by atoms with Crippen LogP contribution < -0.4 is 0 Å². The summed E-state index contributed by atoms with van der Waals surface area (Å²) in [5.74, 6) is -1.85. The molecule has 0 amide bonds. The lowest BCUT2D eigenvalue weighted by Gasteiger charge is -2.09. The van der Waals surface area contributed by atoms with Crippen molar-refractivity contribution < 1.29 is 18.7 Å². The van der Waals surface area contributed by atoms with Gasteiger partial charge < -0.3 is 5.11 Å². The molecule has 0 fully saturated rings. The summed E-state index contributed by atoms with van der Waals surface area (Å²) in [4.78, 5) is 9.91. The number of aliphatic carboxylic acids is 1. The highest BCUT2D eigenvalue weighted by Crippen LogP contribution is 2.29. The minimum absolute atomic E-state index is 0.194. The monoisotopic (exact) mass is 198 g/mol. The number of unbranched alkanes of at least 4 members (excludes halogenated alkanes) is 2. The van der Waals surface area contributed by atoms with E-state index in [4.69, 9.17) is 5.11 Å². The number of hydrogen-bond donors (Lipinski definition) is 1. The van der Waals surface area contributed by atoms with Crippen molar-refractivity contribution in [3.63, 3.8) is 0 Å². The van der Waals surface area contributed by atoms with Crippen molar-refractivity contribution in [2.75, 3.05) is 5.75 Å². The van der Waals surface area contributed by atoms with Crippen LogP contribution in [0.3, 0.4) is 0 Å². The summed E-state index contributed by atoms with van der Waals surface area (Å²) in [5.41, 5.74) is 0. The van der Waals surface area contributed by atoms with Crippen molar-refractivity contribution in [1.29, 1.82) is 0 Å². The Kier molecular flexibility index (Phi) is 5.20. The second-order valence-electron chi connectivity index (χ2n) is 2.38. The van der Waals surface area contributed by atoms with Crippen LogP contribution in [0.5, 0.6) is 0 Å². The molecular formula is C7H12F2O2S. The first-order valence-corrected chi connectivity index (χ1v) is 4.74. The normalized spacial score (nSPS) is 11.6. The standard InChI is InChI=1S/C7H12F2O2S/c1-2-3-4-5-12-7(8,9)6(10)11/h2-5H2,1H3,(H,10,11). The van der Waals surface area contributed by atoms with Gasteiger partial charge in [0, 0.05) is 0 Å². The molecule has 5 heteroatoms. The summed E-state index contributed by atoms with van der Waals surface area (Å²) in [6, 6.07) is 0. The molecule has 0 heterocycles.